The molecule has 8 nitrogen and oxygen atoms in total. The van der Waals surface area contributed by atoms with E-state index in [2.05, 4.69) is 25.4 Å². The van der Waals surface area contributed by atoms with E-state index >= 15 is 0 Å². The summed E-state index contributed by atoms with van der Waals surface area (Å²) in [6.07, 6.45) is 4.44. The molecule has 1 heterocycles. The molecule has 3 N–H and O–H groups in total. The molecule has 0 aliphatic rings. The molecule has 0 amide bonds. The Morgan fingerprint density at radius 1 is 1.32 bits per heavy atom. The predicted molar refractivity (Wildman–Crippen MR) is 109 cm³/mol. The van der Waals surface area contributed by atoms with Gasteiger partial charge in [0, 0.05) is 38.6 Å². The predicted octanol–water partition coefficient (Wildman–Crippen LogP) is 1.72. The summed E-state index contributed by atoms with van der Waals surface area (Å²) in [5, 5.41) is 10.2. The average molecular weight is 411 g/mol. The zero-order valence-electron chi connectivity index (χ0n) is 16.2. The van der Waals surface area contributed by atoms with Gasteiger partial charge in [0.1, 0.15) is 5.82 Å². The molecule has 28 heavy (non-hydrogen) atoms. The number of aromatic nitrogens is 2. The maximum absolute atomic E-state index is 13.6. The van der Waals surface area contributed by atoms with Crippen molar-refractivity contribution in [3.63, 3.8) is 0 Å². The number of sulfonamides is 1. The first kappa shape index (κ1) is 21.7. The number of nitrogens with zero attached hydrogens (tertiary/aromatic N) is 3. The molecule has 0 saturated carbocycles. The minimum absolute atomic E-state index is 0.166. The maximum atomic E-state index is 13.6. The first-order valence-corrected chi connectivity index (χ1v) is 10.8. The molecule has 0 saturated heterocycles. The lowest BCUT2D eigenvalue weighted by Crippen LogP contribution is -2.40. The van der Waals surface area contributed by atoms with Crippen LogP contribution in [0.1, 0.15) is 18.9 Å². The summed E-state index contributed by atoms with van der Waals surface area (Å²) < 4.78 is 42.1. The van der Waals surface area contributed by atoms with E-state index in [4.69, 9.17) is 0 Å². The minimum atomic E-state index is -3.60. The molecule has 0 fully saturated rings. The third-order valence-corrected chi connectivity index (χ3v) is 5.12. The van der Waals surface area contributed by atoms with Crippen molar-refractivity contribution < 1.29 is 12.8 Å². The minimum Gasteiger partial charge on any atom is -0.357 e. The smallest absolute Gasteiger partial charge is 0.234 e. The highest BCUT2D eigenvalue weighted by Gasteiger charge is 2.11. The summed E-state index contributed by atoms with van der Waals surface area (Å²) in [6, 6.07) is 6.11. The average Bonchev–Trinajstić information content (AvgIpc) is 3.15. The van der Waals surface area contributed by atoms with Crippen molar-refractivity contribution in [2.24, 2.45) is 4.99 Å². The summed E-state index contributed by atoms with van der Waals surface area (Å²) >= 11 is 0. The first-order chi connectivity index (χ1) is 13.4. The molecule has 0 spiro atoms. The van der Waals surface area contributed by atoms with Gasteiger partial charge in [-0.1, -0.05) is 6.07 Å². The fourth-order valence-electron chi connectivity index (χ4n) is 2.39. The highest BCUT2D eigenvalue weighted by atomic mass is 32.2. The quantitative estimate of drug-likeness (QED) is 0.315. The Hall–Kier alpha value is -2.62. The number of aryl methyl sites for hydroxylation is 2. The van der Waals surface area contributed by atoms with Crippen molar-refractivity contribution in [3.05, 3.63) is 48.0 Å². The van der Waals surface area contributed by atoms with Gasteiger partial charge in [-0.3, -0.25) is 14.4 Å². The molecular formula is C18H27FN6O2S. The van der Waals surface area contributed by atoms with Crippen LogP contribution >= 0.6 is 0 Å². The molecule has 0 radical (unpaired) electrons. The van der Waals surface area contributed by atoms with E-state index in [0.29, 0.717) is 24.6 Å². The van der Waals surface area contributed by atoms with E-state index in [9.17, 15) is 12.8 Å². The number of rotatable bonds is 10. The van der Waals surface area contributed by atoms with Crippen LogP contribution in [0.2, 0.25) is 0 Å². The molecule has 2 aromatic rings. The molecule has 0 atom stereocenters. The topological polar surface area (TPSA) is 100 Å². The monoisotopic (exact) mass is 410 g/mol. The van der Waals surface area contributed by atoms with Crippen molar-refractivity contribution in [2.75, 3.05) is 30.1 Å². The zero-order valence-corrected chi connectivity index (χ0v) is 17.0. The van der Waals surface area contributed by atoms with E-state index in [-0.39, 0.29) is 18.0 Å². The van der Waals surface area contributed by atoms with Gasteiger partial charge in [-0.25, -0.2) is 12.8 Å². The molecule has 10 heteroatoms. The van der Waals surface area contributed by atoms with Crippen molar-refractivity contribution >= 4 is 21.7 Å². The van der Waals surface area contributed by atoms with Crippen LogP contribution in [0, 0.1) is 12.7 Å². The van der Waals surface area contributed by atoms with Gasteiger partial charge in [0.25, 0.3) is 0 Å². The molecule has 0 unspecified atom stereocenters. The maximum Gasteiger partial charge on any atom is 0.234 e. The van der Waals surface area contributed by atoms with Crippen LogP contribution in [0.5, 0.6) is 0 Å². The molecular weight excluding hydrogens is 383 g/mol. The summed E-state index contributed by atoms with van der Waals surface area (Å²) in [4.78, 5) is 4.43. The number of benzene rings is 1. The van der Waals surface area contributed by atoms with Gasteiger partial charge < -0.3 is 10.6 Å². The highest BCUT2D eigenvalue weighted by Crippen LogP contribution is 2.14. The Bertz CT molecular complexity index is 868. The molecule has 2 rings (SSSR count). The van der Waals surface area contributed by atoms with E-state index in [0.717, 1.165) is 13.0 Å². The number of hydrogen-bond acceptors (Lipinski definition) is 4. The fourth-order valence-corrected chi connectivity index (χ4v) is 3.35. The van der Waals surface area contributed by atoms with Crippen LogP contribution in [-0.2, 0) is 16.6 Å². The van der Waals surface area contributed by atoms with Crippen LogP contribution < -0.4 is 15.4 Å². The Morgan fingerprint density at radius 2 is 2.14 bits per heavy atom. The number of nitrogens with one attached hydrogen (secondary N) is 3. The van der Waals surface area contributed by atoms with Crippen molar-refractivity contribution in [1.29, 1.82) is 0 Å². The van der Waals surface area contributed by atoms with Gasteiger partial charge >= 0.3 is 0 Å². The van der Waals surface area contributed by atoms with Gasteiger partial charge in [-0.15, -0.1) is 0 Å². The SMILES string of the molecule is CCNC(=NCCCn1cccn1)NCCS(=O)(=O)Nc1ccc(C)c(F)c1. The number of aliphatic imine (C=N–C) groups is 1. The Morgan fingerprint density at radius 3 is 2.82 bits per heavy atom. The van der Waals surface area contributed by atoms with Crippen LogP contribution in [0.15, 0.2) is 41.7 Å². The Balaban J connectivity index is 1.79. The third-order valence-electron chi connectivity index (χ3n) is 3.83. The Kier molecular flexibility index (Phi) is 8.24. The van der Waals surface area contributed by atoms with Crippen molar-refractivity contribution in [3.8, 4) is 0 Å². The van der Waals surface area contributed by atoms with Crippen LogP contribution in [0.4, 0.5) is 10.1 Å². The first-order valence-electron chi connectivity index (χ1n) is 9.16. The molecule has 1 aromatic carbocycles. The second kappa shape index (κ2) is 10.6. The summed E-state index contributed by atoms with van der Waals surface area (Å²) in [5.41, 5.74) is 0.672. The number of halogens is 1. The summed E-state index contributed by atoms with van der Waals surface area (Å²) in [6.45, 7) is 5.75. The Labute approximate surface area is 165 Å². The van der Waals surface area contributed by atoms with Gasteiger partial charge in [0.05, 0.1) is 11.4 Å². The molecule has 0 bridgehead atoms. The van der Waals surface area contributed by atoms with E-state index in [1.807, 2.05) is 23.9 Å². The van der Waals surface area contributed by atoms with Crippen molar-refractivity contribution in [2.45, 2.75) is 26.8 Å². The lowest BCUT2D eigenvalue weighted by molar-refractivity contribution is 0.583. The second-order valence-electron chi connectivity index (χ2n) is 6.20. The normalized spacial score (nSPS) is 12.0. The lowest BCUT2D eigenvalue weighted by Gasteiger charge is -2.12. The second-order valence-corrected chi connectivity index (χ2v) is 8.04. The van der Waals surface area contributed by atoms with E-state index < -0.39 is 15.8 Å². The van der Waals surface area contributed by atoms with Gasteiger partial charge in [0.2, 0.25) is 10.0 Å². The number of guanidine groups is 1. The van der Waals surface area contributed by atoms with E-state index in [1.165, 1.54) is 18.2 Å². The molecule has 0 aliphatic carbocycles. The molecule has 1 aromatic heterocycles. The van der Waals surface area contributed by atoms with Crippen LogP contribution in [0.25, 0.3) is 0 Å². The highest BCUT2D eigenvalue weighted by molar-refractivity contribution is 7.92. The summed E-state index contributed by atoms with van der Waals surface area (Å²) in [7, 11) is -3.60. The van der Waals surface area contributed by atoms with Gasteiger partial charge in [0.15, 0.2) is 5.96 Å². The van der Waals surface area contributed by atoms with Crippen LogP contribution in [-0.4, -0.2) is 49.5 Å². The zero-order chi connectivity index (χ0) is 20.4. The van der Waals surface area contributed by atoms with Crippen molar-refractivity contribution in [1.82, 2.24) is 20.4 Å². The van der Waals surface area contributed by atoms with Crippen LogP contribution in [0.3, 0.4) is 0 Å². The van der Waals surface area contributed by atoms with Gasteiger partial charge in [-0.05, 0) is 44.0 Å². The fraction of sp³-hybridized carbons (Fsp3) is 0.444. The standard InChI is InChI=1S/C18H27FN6O2S/c1-3-20-18(21-8-4-11-25-12-5-9-23-25)22-10-13-28(26,27)24-16-7-6-15(2)17(19)14-16/h5-7,9,12,14,24H,3-4,8,10-11,13H2,1-2H3,(H2,20,21,22). The molecule has 0 aliphatic heterocycles. The summed E-state index contributed by atoms with van der Waals surface area (Å²) in [5.74, 6) is -0.0604. The number of hydrogen-bond donors (Lipinski definition) is 3. The number of anilines is 1. The third kappa shape index (κ3) is 7.55. The van der Waals surface area contributed by atoms with Gasteiger partial charge in [-0.2, -0.15) is 5.10 Å². The molecule has 154 valence electrons. The van der Waals surface area contributed by atoms with E-state index in [1.54, 1.807) is 13.1 Å². The largest absolute Gasteiger partial charge is 0.357 e. The lowest BCUT2D eigenvalue weighted by atomic mass is 10.2.